The van der Waals surface area contributed by atoms with Crippen molar-refractivity contribution in [2.75, 3.05) is 32.1 Å². The third-order valence-electron chi connectivity index (χ3n) is 5.10. The van der Waals surface area contributed by atoms with Gasteiger partial charge in [0.1, 0.15) is 5.76 Å². The lowest BCUT2D eigenvalue weighted by Gasteiger charge is -2.18. The van der Waals surface area contributed by atoms with E-state index in [-0.39, 0.29) is 11.8 Å². The van der Waals surface area contributed by atoms with Crippen LogP contribution in [0, 0.1) is 6.92 Å². The Kier molecular flexibility index (Phi) is 3.98. The molecule has 4 rings (SSSR count). The molecule has 2 aromatic rings. The van der Waals surface area contributed by atoms with E-state index in [0.29, 0.717) is 18.2 Å². The van der Waals surface area contributed by atoms with Gasteiger partial charge in [0.25, 0.3) is 5.91 Å². The monoisotopic (exact) mass is 340 g/mol. The molecule has 1 atom stereocenters. The normalized spacial score (nSPS) is 20.1. The number of likely N-dealkylation sites (tertiary alicyclic amines) is 1. The van der Waals surface area contributed by atoms with E-state index in [4.69, 9.17) is 9.51 Å². The van der Waals surface area contributed by atoms with Gasteiger partial charge in [0.15, 0.2) is 5.69 Å². The van der Waals surface area contributed by atoms with Crippen LogP contribution in [0.5, 0.6) is 0 Å². The van der Waals surface area contributed by atoms with E-state index in [9.17, 15) is 4.79 Å². The van der Waals surface area contributed by atoms with Crippen LogP contribution in [0.1, 0.15) is 58.7 Å². The molecule has 2 fully saturated rings. The molecule has 0 aromatic carbocycles. The highest BCUT2D eigenvalue weighted by Crippen LogP contribution is 2.40. The second-order valence-electron chi connectivity index (χ2n) is 7.41. The maximum Gasteiger partial charge on any atom is 0.276 e. The molecule has 0 spiro atoms. The second kappa shape index (κ2) is 6.17. The highest BCUT2D eigenvalue weighted by molar-refractivity contribution is 5.92. The molecule has 1 amide bonds. The molecule has 1 saturated carbocycles. The third-order valence-corrected chi connectivity index (χ3v) is 5.10. The molecular formula is C19H24N4O2. The summed E-state index contributed by atoms with van der Waals surface area (Å²) in [5.41, 5.74) is 3.67. The quantitative estimate of drug-likeness (QED) is 0.856. The number of carbonyl (C=O) groups is 1. The van der Waals surface area contributed by atoms with E-state index in [2.05, 4.69) is 22.2 Å². The molecule has 0 N–H and O–H groups in total. The van der Waals surface area contributed by atoms with Crippen molar-refractivity contribution >= 4 is 11.6 Å². The Morgan fingerprint density at radius 3 is 2.72 bits per heavy atom. The zero-order chi connectivity index (χ0) is 17.6. The van der Waals surface area contributed by atoms with Crippen molar-refractivity contribution in [3.63, 3.8) is 0 Å². The van der Waals surface area contributed by atoms with E-state index in [1.165, 1.54) is 0 Å². The zero-order valence-electron chi connectivity index (χ0n) is 15.0. The van der Waals surface area contributed by atoms with E-state index in [1.54, 1.807) is 0 Å². The van der Waals surface area contributed by atoms with Gasteiger partial charge >= 0.3 is 0 Å². The second-order valence-corrected chi connectivity index (χ2v) is 7.41. The molecule has 2 aliphatic rings. The summed E-state index contributed by atoms with van der Waals surface area (Å²) in [5, 5.41) is 3.98. The van der Waals surface area contributed by atoms with Crippen LogP contribution in [0.4, 0.5) is 5.69 Å². The Morgan fingerprint density at radius 2 is 2.00 bits per heavy atom. The van der Waals surface area contributed by atoms with Crippen LogP contribution in [-0.4, -0.2) is 48.1 Å². The zero-order valence-corrected chi connectivity index (χ0v) is 15.0. The molecule has 1 aliphatic heterocycles. The van der Waals surface area contributed by atoms with Crippen molar-refractivity contribution < 1.29 is 9.32 Å². The number of amides is 1. The van der Waals surface area contributed by atoms with Crippen LogP contribution in [0.15, 0.2) is 22.7 Å². The summed E-state index contributed by atoms with van der Waals surface area (Å²) in [6.07, 6.45) is 3.21. The van der Waals surface area contributed by atoms with Crippen LogP contribution in [0.3, 0.4) is 0 Å². The van der Waals surface area contributed by atoms with Crippen molar-refractivity contribution in [3.8, 4) is 0 Å². The number of aryl methyl sites for hydroxylation is 1. The average molecular weight is 340 g/mol. The molecule has 6 heteroatoms. The Hall–Kier alpha value is -2.37. The number of anilines is 1. The van der Waals surface area contributed by atoms with Crippen LogP contribution in [-0.2, 0) is 0 Å². The molecule has 2 aromatic heterocycles. The van der Waals surface area contributed by atoms with Gasteiger partial charge in [-0.25, -0.2) is 0 Å². The minimum Gasteiger partial charge on any atom is -0.378 e. The molecule has 6 nitrogen and oxygen atoms in total. The summed E-state index contributed by atoms with van der Waals surface area (Å²) < 4.78 is 5.32. The number of nitrogens with zero attached hydrogens (tertiary/aromatic N) is 4. The number of hydrogen-bond donors (Lipinski definition) is 0. The molecule has 3 heterocycles. The van der Waals surface area contributed by atoms with Gasteiger partial charge in [-0.05, 0) is 38.3 Å². The number of aromatic nitrogens is 2. The largest absolute Gasteiger partial charge is 0.378 e. The lowest BCUT2D eigenvalue weighted by atomic mass is 10.0. The minimum atomic E-state index is -0.0290. The Labute approximate surface area is 147 Å². The van der Waals surface area contributed by atoms with Crippen LogP contribution < -0.4 is 4.90 Å². The average Bonchev–Trinajstić information content (AvgIpc) is 3.12. The Balaban J connectivity index is 1.48. The van der Waals surface area contributed by atoms with Crippen molar-refractivity contribution in [1.82, 2.24) is 15.0 Å². The van der Waals surface area contributed by atoms with E-state index >= 15 is 0 Å². The van der Waals surface area contributed by atoms with Gasteiger partial charge in [-0.15, -0.1) is 0 Å². The molecule has 1 saturated heterocycles. The molecule has 0 radical (unpaired) electrons. The molecule has 1 aliphatic carbocycles. The fourth-order valence-corrected chi connectivity index (χ4v) is 3.44. The highest BCUT2D eigenvalue weighted by Gasteiger charge is 2.33. The third kappa shape index (κ3) is 3.25. The van der Waals surface area contributed by atoms with Gasteiger partial charge in [0.2, 0.25) is 0 Å². The predicted molar refractivity (Wildman–Crippen MR) is 95.0 cm³/mol. The number of pyridine rings is 1. The summed E-state index contributed by atoms with van der Waals surface area (Å²) in [5.74, 6) is 1.58. The minimum absolute atomic E-state index is 0.0290. The highest BCUT2D eigenvalue weighted by atomic mass is 16.5. The lowest BCUT2D eigenvalue weighted by molar-refractivity contribution is 0.0780. The first-order chi connectivity index (χ1) is 12.0. The van der Waals surface area contributed by atoms with Gasteiger partial charge in [-0.3, -0.25) is 9.78 Å². The van der Waals surface area contributed by atoms with Crippen molar-refractivity contribution in [2.24, 2.45) is 0 Å². The molecular weight excluding hydrogens is 316 g/mol. The maximum absolute atomic E-state index is 12.7. The number of carbonyl (C=O) groups excluding carboxylic acids is 1. The summed E-state index contributed by atoms with van der Waals surface area (Å²) in [4.78, 5) is 21.4. The first-order valence-corrected chi connectivity index (χ1v) is 8.93. The summed E-state index contributed by atoms with van der Waals surface area (Å²) in [6.45, 7) is 3.44. The van der Waals surface area contributed by atoms with E-state index in [1.807, 2.05) is 32.0 Å². The molecule has 0 unspecified atom stereocenters. The van der Waals surface area contributed by atoms with Crippen molar-refractivity contribution in [3.05, 3.63) is 41.0 Å². The van der Waals surface area contributed by atoms with Gasteiger partial charge in [0, 0.05) is 62.2 Å². The standard InChI is InChI=1S/C19H24N4O2/c1-12-8-15(22(2)3)9-16(20-12)14-6-7-23(11-14)19(24)17-10-18(25-21-17)13-4-5-13/h8-10,13-14H,4-7,11H2,1-3H3/t14-/m1/s1. The van der Waals surface area contributed by atoms with Gasteiger partial charge in [-0.2, -0.15) is 0 Å². The van der Waals surface area contributed by atoms with Crippen LogP contribution in [0.25, 0.3) is 0 Å². The maximum atomic E-state index is 12.7. The van der Waals surface area contributed by atoms with Gasteiger partial charge < -0.3 is 14.3 Å². The fraction of sp³-hybridized carbons (Fsp3) is 0.526. The summed E-state index contributed by atoms with van der Waals surface area (Å²) in [6, 6.07) is 6.03. The Morgan fingerprint density at radius 1 is 1.20 bits per heavy atom. The molecule has 132 valence electrons. The Bertz CT molecular complexity index is 794. The summed E-state index contributed by atoms with van der Waals surface area (Å²) in [7, 11) is 4.07. The SMILES string of the molecule is Cc1cc(N(C)C)cc([C@@H]2CCN(C(=O)c3cc(C4CC4)on3)C2)n1. The summed E-state index contributed by atoms with van der Waals surface area (Å²) >= 11 is 0. The van der Waals surface area contributed by atoms with Gasteiger partial charge in [0.05, 0.1) is 0 Å². The number of hydrogen-bond acceptors (Lipinski definition) is 5. The lowest BCUT2D eigenvalue weighted by Crippen LogP contribution is -2.28. The van der Waals surface area contributed by atoms with Crippen LogP contribution in [0.2, 0.25) is 0 Å². The van der Waals surface area contributed by atoms with E-state index < -0.39 is 0 Å². The topological polar surface area (TPSA) is 62.5 Å². The molecule has 0 bridgehead atoms. The van der Waals surface area contributed by atoms with Crippen molar-refractivity contribution in [1.29, 1.82) is 0 Å². The first-order valence-electron chi connectivity index (χ1n) is 8.93. The smallest absolute Gasteiger partial charge is 0.276 e. The van der Waals surface area contributed by atoms with E-state index in [0.717, 1.165) is 48.6 Å². The fourth-order valence-electron chi connectivity index (χ4n) is 3.44. The van der Waals surface area contributed by atoms with Crippen LogP contribution >= 0.6 is 0 Å². The number of rotatable bonds is 4. The van der Waals surface area contributed by atoms with Gasteiger partial charge in [-0.1, -0.05) is 5.16 Å². The van der Waals surface area contributed by atoms with Crippen molar-refractivity contribution in [2.45, 2.75) is 38.0 Å². The molecule has 25 heavy (non-hydrogen) atoms. The first kappa shape index (κ1) is 16.1. The predicted octanol–water partition coefficient (Wildman–Crippen LogP) is 2.95.